The average molecular weight is 246 g/mol. The lowest BCUT2D eigenvalue weighted by Gasteiger charge is -2.11. The molecule has 0 bridgehead atoms. The molecule has 1 aromatic carbocycles. The van der Waals surface area contributed by atoms with Gasteiger partial charge in [-0.3, -0.25) is 4.79 Å². The number of carbonyl (C=O) groups is 2. The number of rotatable bonds is 3. The third-order valence-corrected chi connectivity index (χ3v) is 2.74. The van der Waals surface area contributed by atoms with Crippen molar-refractivity contribution in [3.63, 3.8) is 0 Å². The molecule has 4 nitrogen and oxygen atoms in total. The summed E-state index contributed by atoms with van der Waals surface area (Å²) < 4.78 is 10.2. The highest BCUT2D eigenvalue weighted by atomic mass is 16.5. The summed E-state index contributed by atoms with van der Waals surface area (Å²) in [6, 6.07) is 6.73. The standard InChI is InChI=1S/C14H14O4/c1-17-12-5-7-13(8-6-12)18-14(16)10-3-2-4-11(15)9-10/h5-9H,2-4H2,1H3. The molecule has 4 heteroatoms. The molecule has 0 saturated carbocycles. The van der Waals surface area contributed by atoms with E-state index in [1.165, 1.54) is 6.08 Å². The van der Waals surface area contributed by atoms with E-state index >= 15 is 0 Å². The number of carbonyl (C=O) groups excluding carboxylic acids is 2. The zero-order valence-corrected chi connectivity index (χ0v) is 10.1. The first-order valence-electron chi connectivity index (χ1n) is 5.78. The van der Waals surface area contributed by atoms with Crippen LogP contribution in [0.5, 0.6) is 11.5 Å². The van der Waals surface area contributed by atoms with Gasteiger partial charge in [0.05, 0.1) is 7.11 Å². The van der Waals surface area contributed by atoms with Gasteiger partial charge in [0.15, 0.2) is 5.78 Å². The molecule has 0 N–H and O–H groups in total. The monoisotopic (exact) mass is 246 g/mol. The van der Waals surface area contributed by atoms with Gasteiger partial charge in [0.1, 0.15) is 11.5 Å². The van der Waals surface area contributed by atoms with E-state index < -0.39 is 5.97 Å². The Kier molecular flexibility index (Phi) is 3.77. The number of benzene rings is 1. The molecule has 0 fully saturated rings. The molecule has 0 saturated heterocycles. The van der Waals surface area contributed by atoms with E-state index in [1.54, 1.807) is 31.4 Å². The number of hydrogen-bond donors (Lipinski definition) is 0. The smallest absolute Gasteiger partial charge is 0.339 e. The lowest BCUT2D eigenvalue weighted by atomic mass is 9.99. The van der Waals surface area contributed by atoms with Crippen LogP contribution >= 0.6 is 0 Å². The first kappa shape index (κ1) is 12.4. The van der Waals surface area contributed by atoms with Gasteiger partial charge in [-0.25, -0.2) is 4.79 Å². The summed E-state index contributed by atoms with van der Waals surface area (Å²) in [6.07, 6.45) is 3.21. The normalized spacial score (nSPS) is 14.9. The fourth-order valence-electron chi connectivity index (χ4n) is 1.77. The summed E-state index contributed by atoms with van der Waals surface area (Å²) in [5.41, 5.74) is 0.446. The molecule has 0 amide bonds. The maximum Gasteiger partial charge on any atom is 0.339 e. The van der Waals surface area contributed by atoms with E-state index in [0.29, 0.717) is 36.3 Å². The highest BCUT2D eigenvalue weighted by Gasteiger charge is 2.18. The lowest BCUT2D eigenvalue weighted by Crippen LogP contribution is -2.15. The minimum absolute atomic E-state index is 0.0112. The Morgan fingerprint density at radius 3 is 2.39 bits per heavy atom. The minimum atomic E-state index is -0.451. The van der Waals surface area contributed by atoms with Crippen molar-refractivity contribution in [2.45, 2.75) is 19.3 Å². The second-order valence-corrected chi connectivity index (χ2v) is 4.05. The number of methoxy groups -OCH3 is 1. The average Bonchev–Trinajstić information content (AvgIpc) is 2.39. The van der Waals surface area contributed by atoms with Gasteiger partial charge in [0.2, 0.25) is 0 Å². The quantitative estimate of drug-likeness (QED) is 0.606. The van der Waals surface area contributed by atoms with Gasteiger partial charge in [0.25, 0.3) is 0 Å². The molecule has 1 aliphatic rings. The largest absolute Gasteiger partial charge is 0.497 e. The predicted octanol–water partition coefficient (Wildman–Crippen LogP) is 2.28. The first-order chi connectivity index (χ1) is 8.69. The number of ketones is 1. The second kappa shape index (κ2) is 5.49. The van der Waals surface area contributed by atoms with Crippen molar-refractivity contribution in [1.82, 2.24) is 0 Å². The Morgan fingerprint density at radius 1 is 1.11 bits per heavy atom. The van der Waals surface area contributed by atoms with Gasteiger partial charge in [0, 0.05) is 12.0 Å². The summed E-state index contributed by atoms with van der Waals surface area (Å²) in [7, 11) is 1.57. The zero-order valence-electron chi connectivity index (χ0n) is 10.1. The van der Waals surface area contributed by atoms with Crippen molar-refractivity contribution in [2.75, 3.05) is 7.11 Å². The van der Waals surface area contributed by atoms with Gasteiger partial charge in [-0.15, -0.1) is 0 Å². The summed E-state index contributed by atoms with van der Waals surface area (Å²) >= 11 is 0. The van der Waals surface area contributed by atoms with Crippen LogP contribution in [0.4, 0.5) is 0 Å². The highest BCUT2D eigenvalue weighted by Crippen LogP contribution is 2.21. The maximum atomic E-state index is 11.8. The highest BCUT2D eigenvalue weighted by molar-refractivity contribution is 6.01. The SMILES string of the molecule is COc1ccc(OC(=O)C2=CC(=O)CCC2)cc1. The van der Waals surface area contributed by atoms with Crippen LogP contribution in [0.1, 0.15) is 19.3 Å². The van der Waals surface area contributed by atoms with Crippen LogP contribution in [-0.4, -0.2) is 18.9 Å². The van der Waals surface area contributed by atoms with Crippen molar-refractivity contribution in [2.24, 2.45) is 0 Å². The van der Waals surface area contributed by atoms with Crippen LogP contribution in [0.15, 0.2) is 35.9 Å². The molecule has 0 spiro atoms. The van der Waals surface area contributed by atoms with E-state index in [2.05, 4.69) is 0 Å². The first-order valence-corrected chi connectivity index (χ1v) is 5.78. The minimum Gasteiger partial charge on any atom is -0.497 e. The number of allylic oxidation sites excluding steroid dienone is 1. The van der Waals surface area contributed by atoms with Crippen molar-refractivity contribution < 1.29 is 19.1 Å². The van der Waals surface area contributed by atoms with Crippen LogP contribution in [0.25, 0.3) is 0 Å². The molecule has 1 aliphatic carbocycles. The molecule has 2 rings (SSSR count). The van der Waals surface area contributed by atoms with Gasteiger partial charge < -0.3 is 9.47 Å². The number of esters is 1. The molecule has 94 valence electrons. The fraction of sp³-hybridized carbons (Fsp3) is 0.286. The summed E-state index contributed by atoms with van der Waals surface area (Å²) in [6.45, 7) is 0. The van der Waals surface area contributed by atoms with Crippen LogP contribution in [0.2, 0.25) is 0 Å². The Balaban J connectivity index is 2.04. The molecule has 0 unspecified atom stereocenters. The Bertz CT molecular complexity index is 485. The van der Waals surface area contributed by atoms with E-state index in [1.807, 2.05) is 0 Å². The predicted molar refractivity (Wildman–Crippen MR) is 65.6 cm³/mol. The van der Waals surface area contributed by atoms with Gasteiger partial charge in [-0.1, -0.05) is 0 Å². The second-order valence-electron chi connectivity index (χ2n) is 4.05. The molecule has 0 aliphatic heterocycles. The maximum absolute atomic E-state index is 11.8. The van der Waals surface area contributed by atoms with E-state index in [9.17, 15) is 9.59 Å². The van der Waals surface area contributed by atoms with Crippen LogP contribution in [-0.2, 0) is 9.59 Å². The summed E-state index contributed by atoms with van der Waals surface area (Å²) in [4.78, 5) is 23.0. The van der Waals surface area contributed by atoms with Crippen LogP contribution in [0, 0.1) is 0 Å². The van der Waals surface area contributed by atoms with E-state index in [0.717, 1.165) is 0 Å². The molecular formula is C14H14O4. The molecule has 0 aromatic heterocycles. The Morgan fingerprint density at radius 2 is 1.78 bits per heavy atom. The van der Waals surface area contributed by atoms with Gasteiger partial charge >= 0.3 is 5.97 Å². The van der Waals surface area contributed by atoms with Crippen molar-refractivity contribution >= 4 is 11.8 Å². The third-order valence-electron chi connectivity index (χ3n) is 2.74. The zero-order chi connectivity index (χ0) is 13.0. The third kappa shape index (κ3) is 2.97. The van der Waals surface area contributed by atoms with Crippen LogP contribution < -0.4 is 9.47 Å². The van der Waals surface area contributed by atoms with Crippen LogP contribution in [0.3, 0.4) is 0 Å². The molecular weight excluding hydrogens is 232 g/mol. The van der Waals surface area contributed by atoms with Crippen molar-refractivity contribution in [3.8, 4) is 11.5 Å². The topological polar surface area (TPSA) is 52.6 Å². The van der Waals surface area contributed by atoms with Gasteiger partial charge in [-0.05, 0) is 43.2 Å². The van der Waals surface area contributed by atoms with Crippen molar-refractivity contribution in [1.29, 1.82) is 0 Å². The molecule has 0 heterocycles. The molecule has 1 aromatic rings. The molecule has 0 radical (unpaired) electrons. The number of ether oxygens (including phenoxy) is 2. The summed E-state index contributed by atoms with van der Waals surface area (Å²) in [5, 5.41) is 0. The summed E-state index contributed by atoms with van der Waals surface area (Å²) in [5.74, 6) is 0.678. The Hall–Kier alpha value is -2.10. The molecule has 18 heavy (non-hydrogen) atoms. The molecule has 0 atom stereocenters. The van der Waals surface area contributed by atoms with Gasteiger partial charge in [-0.2, -0.15) is 0 Å². The number of hydrogen-bond acceptors (Lipinski definition) is 4. The fourth-order valence-corrected chi connectivity index (χ4v) is 1.77. The van der Waals surface area contributed by atoms with Crippen molar-refractivity contribution in [3.05, 3.63) is 35.9 Å². The lowest BCUT2D eigenvalue weighted by molar-refractivity contribution is -0.131. The Labute approximate surface area is 105 Å². The van der Waals surface area contributed by atoms with E-state index in [4.69, 9.17) is 9.47 Å². The van der Waals surface area contributed by atoms with E-state index in [-0.39, 0.29) is 5.78 Å².